The van der Waals surface area contributed by atoms with Gasteiger partial charge in [-0.2, -0.15) is 0 Å². The van der Waals surface area contributed by atoms with Gasteiger partial charge in [0.05, 0.1) is 7.11 Å². The maximum absolute atomic E-state index is 14.1. The van der Waals surface area contributed by atoms with Crippen LogP contribution in [0.4, 0.5) is 4.39 Å². The Morgan fingerprint density at radius 3 is 2.46 bits per heavy atom. The predicted molar refractivity (Wildman–Crippen MR) is 105 cm³/mol. The molecule has 3 rings (SSSR count). The van der Waals surface area contributed by atoms with Crippen LogP contribution in [0.1, 0.15) is 30.4 Å². The van der Waals surface area contributed by atoms with Crippen molar-refractivity contribution >= 4 is 11.6 Å². The van der Waals surface area contributed by atoms with Crippen LogP contribution in [0.25, 0.3) is 0 Å². The first kappa shape index (κ1) is 19.2. The van der Waals surface area contributed by atoms with Crippen LogP contribution in [0.3, 0.4) is 0 Å². The van der Waals surface area contributed by atoms with Crippen LogP contribution >= 0.6 is 11.6 Å². The highest BCUT2D eigenvalue weighted by Gasteiger charge is 2.40. The number of nitrogens with two attached hydrogens (primary N) is 1. The van der Waals surface area contributed by atoms with Crippen molar-refractivity contribution in [3.63, 3.8) is 0 Å². The van der Waals surface area contributed by atoms with Gasteiger partial charge >= 0.3 is 0 Å². The average molecular weight is 377 g/mol. The van der Waals surface area contributed by atoms with Crippen molar-refractivity contribution in [1.82, 2.24) is 4.90 Å². The van der Waals surface area contributed by atoms with Gasteiger partial charge in [-0.15, -0.1) is 0 Å². The summed E-state index contributed by atoms with van der Waals surface area (Å²) in [6.45, 7) is 3.61. The van der Waals surface area contributed by atoms with E-state index in [1.54, 1.807) is 19.2 Å². The van der Waals surface area contributed by atoms with Crippen molar-refractivity contribution < 1.29 is 9.13 Å². The molecule has 0 spiro atoms. The predicted octanol–water partition coefficient (Wildman–Crippen LogP) is 4.22. The molecule has 0 saturated carbocycles. The Kier molecular flexibility index (Phi) is 6.17. The van der Waals surface area contributed by atoms with Gasteiger partial charge in [-0.25, -0.2) is 4.39 Å². The number of hydrogen-bond donors (Lipinski definition) is 1. The Hall–Kier alpha value is -1.62. The topological polar surface area (TPSA) is 38.5 Å². The molecule has 0 aliphatic carbocycles. The lowest BCUT2D eigenvalue weighted by molar-refractivity contribution is 0.176. The maximum Gasteiger partial charge on any atom is 0.123 e. The molecular weight excluding hydrogens is 351 g/mol. The molecule has 0 bridgehead atoms. The minimum Gasteiger partial charge on any atom is -0.496 e. The standard InChI is InChI=1S/C21H26ClFN2O/c1-26-20-8-7-18(23)15-19(20)21(16-3-5-17(22)6-4-16)9-13-25(14-10-21)12-2-11-24/h3-8,15H,2,9-14,24H2,1H3. The van der Waals surface area contributed by atoms with E-state index >= 15 is 0 Å². The van der Waals surface area contributed by atoms with Crippen LogP contribution in [0.2, 0.25) is 5.02 Å². The molecule has 5 heteroatoms. The van der Waals surface area contributed by atoms with Crippen LogP contribution in [0.5, 0.6) is 5.75 Å². The lowest BCUT2D eigenvalue weighted by atomic mass is 9.67. The molecule has 0 amide bonds. The molecule has 26 heavy (non-hydrogen) atoms. The second-order valence-electron chi connectivity index (χ2n) is 6.92. The van der Waals surface area contributed by atoms with Crippen molar-refractivity contribution in [2.45, 2.75) is 24.7 Å². The molecule has 0 aromatic heterocycles. The summed E-state index contributed by atoms with van der Waals surface area (Å²) >= 11 is 6.10. The number of nitrogens with zero attached hydrogens (tertiary/aromatic N) is 1. The number of ether oxygens (including phenoxy) is 1. The van der Waals surface area contributed by atoms with E-state index < -0.39 is 0 Å². The van der Waals surface area contributed by atoms with E-state index in [1.807, 2.05) is 12.1 Å². The monoisotopic (exact) mass is 376 g/mol. The van der Waals surface area contributed by atoms with E-state index in [9.17, 15) is 4.39 Å². The number of rotatable bonds is 6. The molecular formula is C21H26ClFN2O. The zero-order chi connectivity index (χ0) is 18.6. The minimum atomic E-state index is -0.281. The summed E-state index contributed by atoms with van der Waals surface area (Å²) < 4.78 is 19.7. The molecule has 2 aromatic carbocycles. The lowest BCUT2D eigenvalue weighted by Gasteiger charge is -2.43. The summed E-state index contributed by atoms with van der Waals surface area (Å²) in [4.78, 5) is 2.44. The summed E-state index contributed by atoms with van der Waals surface area (Å²) in [6, 6.07) is 12.7. The van der Waals surface area contributed by atoms with Crippen LogP contribution in [-0.4, -0.2) is 38.2 Å². The molecule has 1 heterocycles. The lowest BCUT2D eigenvalue weighted by Crippen LogP contribution is -2.44. The summed E-state index contributed by atoms with van der Waals surface area (Å²) in [5.74, 6) is 0.497. The highest BCUT2D eigenvalue weighted by molar-refractivity contribution is 6.30. The van der Waals surface area contributed by atoms with E-state index in [2.05, 4.69) is 17.0 Å². The average Bonchev–Trinajstić information content (AvgIpc) is 2.67. The van der Waals surface area contributed by atoms with Crippen molar-refractivity contribution in [2.75, 3.05) is 33.3 Å². The summed E-state index contributed by atoms with van der Waals surface area (Å²) in [5.41, 5.74) is 7.45. The van der Waals surface area contributed by atoms with Crippen LogP contribution in [0, 0.1) is 5.82 Å². The van der Waals surface area contributed by atoms with Gasteiger partial charge in [-0.05, 0) is 81.3 Å². The van der Waals surface area contributed by atoms with E-state index in [4.69, 9.17) is 22.1 Å². The smallest absolute Gasteiger partial charge is 0.123 e. The summed E-state index contributed by atoms with van der Waals surface area (Å²) in [5, 5.41) is 0.704. The molecule has 0 unspecified atom stereocenters. The number of piperidine rings is 1. The van der Waals surface area contributed by atoms with Gasteiger partial charge in [0.25, 0.3) is 0 Å². The largest absolute Gasteiger partial charge is 0.496 e. The minimum absolute atomic E-state index is 0.236. The van der Waals surface area contributed by atoms with E-state index in [-0.39, 0.29) is 11.2 Å². The van der Waals surface area contributed by atoms with Crippen LogP contribution < -0.4 is 10.5 Å². The number of likely N-dealkylation sites (tertiary alicyclic amines) is 1. The van der Waals surface area contributed by atoms with Gasteiger partial charge in [0.1, 0.15) is 11.6 Å². The van der Waals surface area contributed by atoms with Crippen LogP contribution in [-0.2, 0) is 5.41 Å². The Labute approximate surface area is 159 Å². The molecule has 0 atom stereocenters. The second kappa shape index (κ2) is 8.38. The van der Waals surface area contributed by atoms with Crippen molar-refractivity contribution in [3.05, 3.63) is 64.4 Å². The third kappa shape index (κ3) is 3.88. The van der Waals surface area contributed by atoms with Crippen molar-refractivity contribution in [3.8, 4) is 5.75 Å². The number of methoxy groups -OCH3 is 1. The van der Waals surface area contributed by atoms with E-state index in [1.165, 1.54) is 6.07 Å². The first-order chi connectivity index (χ1) is 12.6. The third-order valence-corrected chi connectivity index (χ3v) is 5.71. The summed E-state index contributed by atoms with van der Waals surface area (Å²) in [7, 11) is 1.64. The van der Waals surface area contributed by atoms with E-state index in [0.29, 0.717) is 11.6 Å². The molecule has 3 nitrogen and oxygen atoms in total. The molecule has 2 N–H and O–H groups in total. The van der Waals surface area contributed by atoms with Gasteiger partial charge in [-0.1, -0.05) is 23.7 Å². The second-order valence-corrected chi connectivity index (χ2v) is 7.35. The highest BCUT2D eigenvalue weighted by atomic mass is 35.5. The molecule has 0 radical (unpaired) electrons. The number of hydrogen-bond acceptors (Lipinski definition) is 3. The Bertz CT molecular complexity index is 727. The fourth-order valence-electron chi connectivity index (χ4n) is 4.01. The Morgan fingerprint density at radius 2 is 1.85 bits per heavy atom. The van der Waals surface area contributed by atoms with E-state index in [0.717, 1.165) is 55.8 Å². The maximum atomic E-state index is 14.1. The fourth-order valence-corrected chi connectivity index (χ4v) is 4.14. The molecule has 1 aliphatic heterocycles. The Morgan fingerprint density at radius 1 is 1.15 bits per heavy atom. The quantitative estimate of drug-likeness (QED) is 0.820. The first-order valence-electron chi connectivity index (χ1n) is 9.11. The molecule has 1 aliphatic rings. The van der Waals surface area contributed by atoms with Crippen molar-refractivity contribution in [1.29, 1.82) is 0 Å². The zero-order valence-corrected chi connectivity index (χ0v) is 15.9. The van der Waals surface area contributed by atoms with Gasteiger partial charge < -0.3 is 15.4 Å². The van der Waals surface area contributed by atoms with Gasteiger partial charge in [0, 0.05) is 16.0 Å². The fraction of sp³-hybridized carbons (Fsp3) is 0.429. The molecule has 1 fully saturated rings. The highest BCUT2D eigenvalue weighted by Crippen LogP contribution is 2.45. The van der Waals surface area contributed by atoms with Gasteiger partial charge in [0.15, 0.2) is 0 Å². The zero-order valence-electron chi connectivity index (χ0n) is 15.2. The van der Waals surface area contributed by atoms with Gasteiger partial charge in [-0.3, -0.25) is 0 Å². The molecule has 2 aromatic rings. The first-order valence-corrected chi connectivity index (χ1v) is 9.49. The molecule has 1 saturated heterocycles. The molecule has 140 valence electrons. The third-order valence-electron chi connectivity index (χ3n) is 5.46. The number of halogens is 2. The SMILES string of the molecule is COc1ccc(F)cc1C1(c2ccc(Cl)cc2)CCN(CCCN)CC1. The normalized spacial score (nSPS) is 17.2. The van der Waals surface area contributed by atoms with Crippen LogP contribution in [0.15, 0.2) is 42.5 Å². The number of benzene rings is 2. The summed E-state index contributed by atoms with van der Waals surface area (Å²) in [6.07, 6.45) is 2.80. The van der Waals surface area contributed by atoms with Gasteiger partial charge in [0.2, 0.25) is 0 Å². The Balaban J connectivity index is 2.01. The van der Waals surface area contributed by atoms with Crippen molar-refractivity contribution in [2.24, 2.45) is 5.73 Å².